The van der Waals surface area contributed by atoms with E-state index in [1.165, 1.54) is 15.2 Å². The highest BCUT2D eigenvalue weighted by molar-refractivity contribution is 7.89. The van der Waals surface area contributed by atoms with Gasteiger partial charge in [0, 0.05) is 26.7 Å². The van der Waals surface area contributed by atoms with Crippen molar-refractivity contribution in [2.45, 2.75) is 11.4 Å². The average molecular weight is 260 g/mol. The molecule has 0 bridgehead atoms. The fourth-order valence-corrected chi connectivity index (χ4v) is 3.49. The third kappa shape index (κ3) is 2.28. The van der Waals surface area contributed by atoms with Crippen LogP contribution in [0.4, 0.5) is 5.82 Å². The number of nitrogen functional groups attached to an aromatic ring is 1. The third-order valence-corrected chi connectivity index (χ3v) is 4.71. The van der Waals surface area contributed by atoms with Gasteiger partial charge >= 0.3 is 0 Å². The summed E-state index contributed by atoms with van der Waals surface area (Å²) in [7, 11) is -1.96. The molecule has 2 N–H and O–H groups in total. The molecule has 2 rings (SSSR count). The number of imidazole rings is 1. The molecule has 1 aromatic rings. The van der Waals surface area contributed by atoms with Gasteiger partial charge in [-0.05, 0) is 6.42 Å². The lowest BCUT2D eigenvalue weighted by molar-refractivity contribution is 0.148. The molecule has 7 nitrogen and oxygen atoms in total. The molecule has 0 saturated carbocycles. The predicted octanol–water partition coefficient (Wildman–Crippen LogP) is -0.587. The van der Waals surface area contributed by atoms with Crippen molar-refractivity contribution >= 4 is 15.8 Å². The van der Waals surface area contributed by atoms with E-state index < -0.39 is 10.0 Å². The zero-order valence-electron chi connectivity index (χ0n) is 9.66. The Balaban J connectivity index is 2.35. The summed E-state index contributed by atoms with van der Waals surface area (Å²) >= 11 is 0. The zero-order chi connectivity index (χ0) is 12.5. The largest absolute Gasteiger partial charge is 0.381 e. The van der Waals surface area contributed by atoms with Crippen LogP contribution in [0, 0.1) is 0 Å². The topological polar surface area (TPSA) is 90.5 Å². The van der Waals surface area contributed by atoms with Gasteiger partial charge in [0.15, 0.2) is 10.8 Å². The van der Waals surface area contributed by atoms with Crippen LogP contribution in [0.1, 0.15) is 6.42 Å². The standard InChI is InChI=1S/C9H16N4O3S/c1-12-7-11-8(10)9(12)17(14,15)13-3-2-5-16-6-4-13/h7H,2-6,10H2,1H3. The number of aromatic nitrogens is 2. The minimum atomic E-state index is -3.57. The average Bonchev–Trinajstić information content (AvgIpc) is 2.53. The molecule has 0 radical (unpaired) electrons. The van der Waals surface area contributed by atoms with E-state index >= 15 is 0 Å². The Morgan fingerprint density at radius 2 is 2.18 bits per heavy atom. The third-order valence-electron chi connectivity index (χ3n) is 2.67. The van der Waals surface area contributed by atoms with Gasteiger partial charge in [0.1, 0.15) is 0 Å². The van der Waals surface area contributed by atoms with Gasteiger partial charge in [-0.3, -0.25) is 0 Å². The first-order valence-corrected chi connectivity index (χ1v) is 6.82. The van der Waals surface area contributed by atoms with Gasteiger partial charge in [0.05, 0.1) is 12.9 Å². The SMILES string of the molecule is Cn1cnc(N)c1S(=O)(=O)N1CCCOCC1. The number of ether oxygens (including phenoxy) is 1. The van der Waals surface area contributed by atoms with E-state index in [1.807, 2.05) is 0 Å². The van der Waals surface area contributed by atoms with Gasteiger partial charge in [-0.2, -0.15) is 4.31 Å². The number of anilines is 1. The van der Waals surface area contributed by atoms with E-state index in [2.05, 4.69) is 4.98 Å². The lowest BCUT2D eigenvalue weighted by atomic mass is 10.5. The summed E-state index contributed by atoms with van der Waals surface area (Å²) < 4.78 is 32.8. The summed E-state index contributed by atoms with van der Waals surface area (Å²) in [6, 6.07) is 0. The Bertz CT molecular complexity index is 469. The number of hydrogen-bond donors (Lipinski definition) is 1. The van der Waals surface area contributed by atoms with E-state index in [-0.39, 0.29) is 10.8 Å². The minimum absolute atomic E-state index is 0.0395. The van der Waals surface area contributed by atoms with Crippen LogP contribution in [0.25, 0.3) is 0 Å². The maximum atomic E-state index is 12.4. The second-order valence-electron chi connectivity index (χ2n) is 3.92. The molecule has 2 heterocycles. The molecule has 1 aliphatic rings. The Labute approximate surface area is 100 Å². The number of aryl methyl sites for hydroxylation is 1. The van der Waals surface area contributed by atoms with E-state index in [0.29, 0.717) is 32.7 Å². The fourth-order valence-electron chi connectivity index (χ4n) is 1.84. The lowest BCUT2D eigenvalue weighted by Gasteiger charge is -2.19. The molecule has 1 saturated heterocycles. The number of nitrogens with zero attached hydrogens (tertiary/aromatic N) is 3. The summed E-state index contributed by atoms with van der Waals surface area (Å²) in [4.78, 5) is 3.80. The molecule has 17 heavy (non-hydrogen) atoms. The van der Waals surface area contributed by atoms with Crippen molar-refractivity contribution in [3.05, 3.63) is 6.33 Å². The van der Waals surface area contributed by atoms with Gasteiger partial charge in [0.25, 0.3) is 10.0 Å². The van der Waals surface area contributed by atoms with Crippen LogP contribution < -0.4 is 5.73 Å². The predicted molar refractivity (Wildman–Crippen MR) is 61.8 cm³/mol. The highest BCUT2D eigenvalue weighted by Crippen LogP contribution is 2.21. The first-order valence-electron chi connectivity index (χ1n) is 5.38. The van der Waals surface area contributed by atoms with Crippen molar-refractivity contribution in [1.29, 1.82) is 0 Å². The Morgan fingerprint density at radius 3 is 2.82 bits per heavy atom. The smallest absolute Gasteiger partial charge is 0.262 e. The fraction of sp³-hybridized carbons (Fsp3) is 0.667. The maximum Gasteiger partial charge on any atom is 0.262 e. The minimum Gasteiger partial charge on any atom is -0.381 e. The van der Waals surface area contributed by atoms with Crippen LogP contribution in [0.5, 0.6) is 0 Å². The molecule has 0 aliphatic carbocycles. The van der Waals surface area contributed by atoms with Gasteiger partial charge in [-0.15, -0.1) is 0 Å². The summed E-state index contributed by atoms with van der Waals surface area (Å²) in [5.41, 5.74) is 5.60. The molecule has 8 heteroatoms. The molecule has 0 amide bonds. The zero-order valence-corrected chi connectivity index (χ0v) is 10.5. The molecule has 1 aliphatic heterocycles. The monoisotopic (exact) mass is 260 g/mol. The first kappa shape index (κ1) is 12.3. The Hall–Kier alpha value is -1.12. The summed E-state index contributed by atoms with van der Waals surface area (Å²) in [5.74, 6) is 0.0395. The van der Waals surface area contributed by atoms with Gasteiger partial charge in [-0.25, -0.2) is 13.4 Å². The second-order valence-corrected chi connectivity index (χ2v) is 5.77. The number of nitrogens with two attached hydrogens (primary N) is 1. The highest BCUT2D eigenvalue weighted by Gasteiger charge is 2.30. The summed E-state index contributed by atoms with van der Waals surface area (Å²) in [6.07, 6.45) is 2.09. The van der Waals surface area contributed by atoms with Crippen molar-refractivity contribution in [3.8, 4) is 0 Å². The van der Waals surface area contributed by atoms with Crippen molar-refractivity contribution < 1.29 is 13.2 Å². The lowest BCUT2D eigenvalue weighted by Crippen LogP contribution is -2.34. The first-order chi connectivity index (χ1) is 8.03. The Morgan fingerprint density at radius 1 is 1.41 bits per heavy atom. The second kappa shape index (κ2) is 4.63. The van der Waals surface area contributed by atoms with Crippen molar-refractivity contribution in [1.82, 2.24) is 13.9 Å². The van der Waals surface area contributed by atoms with E-state index in [1.54, 1.807) is 7.05 Å². The van der Waals surface area contributed by atoms with Crippen LogP contribution in [-0.2, 0) is 21.8 Å². The number of rotatable bonds is 2. The molecule has 96 valence electrons. The van der Waals surface area contributed by atoms with E-state index in [4.69, 9.17) is 10.5 Å². The molecule has 1 fully saturated rings. The van der Waals surface area contributed by atoms with Crippen molar-refractivity contribution in [2.24, 2.45) is 7.05 Å². The summed E-state index contributed by atoms with van der Waals surface area (Å²) in [5, 5.41) is 0.0550. The molecule has 0 unspecified atom stereocenters. The quantitative estimate of drug-likeness (QED) is 0.767. The number of sulfonamides is 1. The molecule has 0 spiro atoms. The van der Waals surface area contributed by atoms with Crippen molar-refractivity contribution in [2.75, 3.05) is 32.0 Å². The van der Waals surface area contributed by atoms with E-state index in [9.17, 15) is 8.42 Å². The normalized spacial score (nSPS) is 19.1. The van der Waals surface area contributed by atoms with E-state index in [0.717, 1.165) is 0 Å². The van der Waals surface area contributed by atoms with Crippen LogP contribution >= 0.6 is 0 Å². The maximum absolute atomic E-state index is 12.4. The molecule has 1 aromatic heterocycles. The van der Waals surface area contributed by atoms with Crippen LogP contribution in [-0.4, -0.2) is 48.6 Å². The number of hydrogen-bond acceptors (Lipinski definition) is 5. The van der Waals surface area contributed by atoms with Gasteiger partial charge in [-0.1, -0.05) is 0 Å². The Kier molecular flexibility index (Phi) is 3.36. The summed E-state index contributed by atoms with van der Waals surface area (Å²) in [6.45, 7) is 1.81. The molecular weight excluding hydrogens is 244 g/mol. The van der Waals surface area contributed by atoms with Crippen LogP contribution in [0.15, 0.2) is 11.4 Å². The molecular formula is C9H16N4O3S. The molecule has 0 atom stereocenters. The van der Waals surface area contributed by atoms with Crippen molar-refractivity contribution in [3.63, 3.8) is 0 Å². The van der Waals surface area contributed by atoms with Gasteiger partial charge < -0.3 is 15.0 Å². The van der Waals surface area contributed by atoms with Crippen LogP contribution in [0.2, 0.25) is 0 Å². The molecule has 0 aromatic carbocycles. The van der Waals surface area contributed by atoms with Gasteiger partial charge in [0.2, 0.25) is 0 Å². The van der Waals surface area contributed by atoms with Crippen LogP contribution in [0.3, 0.4) is 0 Å². The highest BCUT2D eigenvalue weighted by atomic mass is 32.2.